The fourth-order valence-electron chi connectivity index (χ4n) is 2.89. The Morgan fingerprint density at radius 1 is 1.25 bits per heavy atom. The first-order valence-electron chi connectivity index (χ1n) is 7.95. The molecule has 0 unspecified atom stereocenters. The molecule has 1 heterocycles. The van der Waals surface area contributed by atoms with Crippen LogP contribution in [0, 0.1) is 17.7 Å². The van der Waals surface area contributed by atoms with Crippen molar-refractivity contribution in [3.63, 3.8) is 0 Å². The Hall–Kier alpha value is -1.63. The molecule has 0 aromatic heterocycles. The van der Waals surface area contributed by atoms with Crippen molar-refractivity contribution in [2.24, 2.45) is 11.8 Å². The monoisotopic (exact) mass is 347 g/mol. The summed E-state index contributed by atoms with van der Waals surface area (Å²) in [6, 6.07) is 2.15. The van der Waals surface area contributed by atoms with E-state index in [0.717, 1.165) is 25.0 Å². The van der Waals surface area contributed by atoms with Crippen molar-refractivity contribution >= 4 is 5.91 Å². The second-order valence-electron chi connectivity index (χ2n) is 6.21. The van der Waals surface area contributed by atoms with Crippen LogP contribution in [0.5, 0.6) is 0 Å². The van der Waals surface area contributed by atoms with Gasteiger partial charge in [-0.1, -0.05) is 13.0 Å². The van der Waals surface area contributed by atoms with Gasteiger partial charge in [-0.25, -0.2) is 4.39 Å². The van der Waals surface area contributed by atoms with Crippen molar-refractivity contribution in [2.75, 3.05) is 13.2 Å². The first-order chi connectivity index (χ1) is 11.2. The smallest absolute Gasteiger partial charge is 0.381 e. The van der Waals surface area contributed by atoms with E-state index in [-0.39, 0.29) is 23.3 Å². The number of hydrogen-bond donors (Lipinski definition) is 1. The van der Waals surface area contributed by atoms with Gasteiger partial charge in [-0.3, -0.25) is 4.79 Å². The fourth-order valence-corrected chi connectivity index (χ4v) is 2.89. The minimum absolute atomic E-state index is 0.199. The van der Waals surface area contributed by atoms with Crippen molar-refractivity contribution in [3.05, 3.63) is 35.1 Å². The largest absolute Gasteiger partial charge is 0.419 e. The van der Waals surface area contributed by atoms with Gasteiger partial charge in [-0.2, -0.15) is 13.2 Å². The van der Waals surface area contributed by atoms with Gasteiger partial charge in [0.1, 0.15) is 5.82 Å². The summed E-state index contributed by atoms with van der Waals surface area (Å²) in [7, 11) is 0. The molecular weight excluding hydrogens is 326 g/mol. The van der Waals surface area contributed by atoms with Gasteiger partial charge in [0.15, 0.2) is 0 Å². The van der Waals surface area contributed by atoms with Gasteiger partial charge in [0.05, 0.1) is 11.6 Å². The minimum Gasteiger partial charge on any atom is -0.381 e. The number of alkyl halides is 3. The Kier molecular flexibility index (Phi) is 5.85. The molecule has 1 fully saturated rings. The molecule has 1 aliphatic rings. The molecule has 134 valence electrons. The molecule has 24 heavy (non-hydrogen) atoms. The summed E-state index contributed by atoms with van der Waals surface area (Å²) < 4.78 is 57.0. The van der Waals surface area contributed by atoms with Crippen LogP contribution in [-0.4, -0.2) is 19.1 Å². The molecule has 0 bridgehead atoms. The number of nitrogens with one attached hydrogen (secondary N) is 1. The van der Waals surface area contributed by atoms with Crippen LogP contribution in [0.2, 0.25) is 0 Å². The van der Waals surface area contributed by atoms with E-state index >= 15 is 0 Å². The van der Waals surface area contributed by atoms with Crippen molar-refractivity contribution < 1.29 is 27.1 Å². The Balaban J connectivity index is 2.06. The Bertz CT molecular complexity index is 582. The van der Waals surface area contributed by atoms with E-state index in [0.29, 0.717) is 13.2 Å². The van der Waals surface area contributed by atoms with E-state index < -0.39 is 23.6 Å². The molecule has 1 amide bonds. The lowest BCUT2D eigenvalue weighted by atomic mass is 9.86. The summed E-state index contributed by atoms with van der Waals surface area (Å²) in [5.41, 5.74) is -1.10. The molecule has 1 saturated heterocycles. The van der Waals surface area contributed by atoms with Gasteiger partial charge in [0.25, 0.3) is 0 Å². The average molecular weight is 347 g/mol. The second kappa shape index (κ2) is 7.51. The first kappa shape index (κ1) is 18.7. The number of halogens is 4. The molecule has 1 aromatic rings. The molecule has 2 rings (SSSR count). The molecule has 1 aromatic carbocycles. The Morgan fingerprint density at radius 2 is 1.88 bits per heavy atom. The van der Waals surface area contributed by atoms with E-state index in [1.54, 1.807) is 6.92 Å². The SMILES string of the molecule is C[C@H](NC(=O)[C@H](C)C1CCOCC1)c1ccc(F)c(C(F)(F)F)c1. The zero-order valence-corrected chi connectivity index (χ0v) is 13.6. The average Bonchev–Trinajstić information content (AvgIpc) is 2.54. The quantitative estimate of drug-likeness (QED) is 0.834. The number of ether oxygens (including phenoxy) is 1. The van der Waals surface area contributed by atoms with Gasteiger partial charge in [0.2, 0.25) is 5.91 Å². The van der Waals surface area contributed by atoms with Crippen molar-refractivity contribution in [1.82, 2.24) is 5.32 Å². The van der Waals surface area contributed by atoms with Crippen LogP contribution in [0.4, 0.5) is 17.6 Å². The highest BCUT2D eigenvalue weighted by atomic mass is 19.4. The molecule has 0 spiro atoms. The molecule has 2 atom stereocenters. The van der Waals surface area contributed by atoms with E-state index in [1.165, 1.54) is 6.07 Å². The maximum absolute atomic E-state index is 13.3. The van der Waals surface area contributed by atoms with Crippen LogP contribution in [0.25, 0.3) is 0 Å². The third kappa shape index (κ3) is 4.47. The summed E-state index contributed by atoms with van der Waals surface area (Å²) in [4.78, 5) is 12.3. The van der Waals surface area contributed by atoms with Crippen molar-refractivity contribution in [3.8, 4) is 0 Å². The normalized spacial score (nSPS) is 18.9. The predicted octanol–water partition coefficient (Wildman–Crippen LogP) is 4.08. The summed E-state index contributed by atoms with van der Waals surface area (Å²) in [6.45, 7) is 4.63. The van der Waals surface area contributed by atoms with Gasteiger partial charge in [-0.15, -0.1) is 0 Å². The third-order valence-electron chi connectivity index (χ3n) is 4.54. The van der Waals surface area contributed by atoms with Crippen molar-refractivity contribution in [1.29, 1.82) is 0 Å². The van der Waals surface area contributed by atoms with Crippen LogP contribution >= 0.6 is 0 Å². The summed E-state index contributed by atoms with van der Waals surface area (Å²) >= 11 is 0. The van der Waals surface area contributed by atoms with Crippen LogP contribution < -0.4 is 5.32 Å². The highest BCUT2D eigenvalue weighted by Crippen LogP contribution is 2.33. The summed E-state index contributed by atoms with van der Waals surface area (Å²) in [5.74, 6) is -1.59. The maximum Gasteiger partial charge on any atom is 0.419 e. The lowest BCUT2D eigenvalue weighted by Crippen LogP contribution is -2.37. The van der Waals surface area contributed by atoms with Crippen LogP contribution in [0.15, 0.2) is 18.2 Å². The lowest BCUT2D eigenvalue weighted by molar-refractivity contribution is -0.140. The number of hydrogen-bond acceptors (Lipinski definition) is 2. The first-order valence-corrected chi connectivity index (χ1v) is 7.95. The summed E-state index contributed by atoms with van der Waals surface area (Å²) in [6.07, 6.45) is -3.19. The molecule has 7 heteroatoms. The van der Waals surface area contributed by atoms with Crippen LogP contribution in [0.1, 0.15) is 43.9 Å². The van der Waals surface area contributed by atoms with Gasteiger partial charge >= 0.3 is 6.18 Å². The maximum atomic E-state index is 13.3. The number of amides is 1. The number of carbonyl (C=O) groups is 1. The van der Waals surface area contributed by atoms with E-state index in [1.807, 2.05) is 6.92 Å². The molecule has 0 saturated carbocycles. The van der Waals surface area contributed by atoms with Crippen molar-refractivity contribution in [2.45, 2.75) is 38.9 Å². The number of carbonyl (C=O) groups excluding carboxylic acids is 1. The van der Waals surface area contributed by atoms with E-state index in [9.17, 15) is 22.4 Å². The molecule has 0 aliphatic carbocycles. The van der Waals surface area contributed by atoms with Crippen LogP contribution in [-0.2, 0) is 15.7 Å². The Morgan fingerprint density at radius 3 is 2.46 bits per heavy atom. The van der Waals surface area contributed by atoms with Crippen LogP contribution in [0.3, 0.4) is 0 Å². The summed E-state index contributed by atoms with van der Waals surface area (Å²) in [5, 5.41) is 2.72. The van der Waals surface area contributed by atoms with E-state index in [2.05, 4.69) is 5.32 Å². The lowest BCUT2D eigenvalue weighted by Gasteiger charge is -2.28. The topological polar surface area (TPSA) is 38.3 Å². The van der Waals surface area contributed by atoms with E-state index in [4.69, 9.17) is 4.74 Å². The molecule has 1 N–H and O–H groups in total. The highest BCUT2D eigenvalue weighted by molar-refractivity contribution is 5.79. The number of rotatable bonds is 4. The molecule has 1 aliphatic heterocycles. The van der Waals surface area contributed by atoms with Gasteiger partial charge in [0, 0.05) is 19.1 Å². The highest BCUT2D eigenvalue weighted by Gasteiger charge is 2.35. The zero-order valence-electron chi connectivity index (χ0n) is 13.6. The Labute approximate surface area is 138 Å². The zero-order chi connectivity index (χ0) is 17.9. The second-order valence-corrected chi connectivity index (χ2v) is 6.21. The van der Waals surface area contributed by atoms with Gasteiger partial charge in [-0.05, 0) is 43.4 Å². The predicted molar refractivity (Wildman–Crippen MR) is 80.7 cm³/mol. The molecular formula is C17H21F4NO2. The molecule has 3 nitrogen and oxygen atoms in total. The number of benzene rings is 1. The third-order valence-corrected chi connectivity index (χ3v) is 4.54. The minimum atomic E-state index is -4.76. The van der Waals surface area contributed by atoms with Gasteiger partial charge < -0.3 is 10.1 Å². The fraction of sp³-hybridized carbons (Fsp3) is 0.588. The molecule has 0 radical (unpaired) electrons. The standard InChI is InChI=1S/C17H21F4NO2/c1-10(12-5-7-24-8-6-12)16(23)22-11(2)13-3-4-15(18)14(9-13)17(19,20)21/h3-4,9-12H,5-8H2,1-2H3,(H,22,23)/t10-,11+/m1/s1.